The number of halogens is 2. The molecule has 19 heavy (non-hydrogen) atoms. The number of hydrogen-bond donors (Lipinski definition) is 1. The van der Waals surface area contributed by atoms with Crippen LogP contribution in [-0.2, 0) is 20.0 Å². The topological polar surface area (TPSA) is 29.9 Å². The molecule has 1 heterocycles. The van der Waals surface area contributed by atoms with Crippen molar-refractivity contribution < 1.29 is 0 Å². The molecule has 2 aromatic rings. The van der Waals surface area contributed by atoms with Gasteiger partial charge in [0.15, 0.2) is 0 Å². The van der Waals surface area contributed by atoms with Crippen LogP contribution in [0.1, 0.15) is 23.9 Å². The van der Waals surface area contributed by atoms with Crippen molar-refractivity contribution >= 4 is 28.9 Å². The van der Waals surface area contributed by atoms with Gasteiger partial charge in [-0.1, -0.05) is 36.2 Å². The van der Waals surface area contributed by atoms with E-state index in [1.54, 1.807) is 0 Å². The van der Waals surface area contributed by atoms with Gasteiger partial charge in [-0.05, 0) is 31.0 Å². The third kappa shape index (κ3) is 3.04. The van der Waals surface area contributed by atoms with Crippen molar-refractivity contribution in [3.05, 3.63) is 45.2 Å². The first-order valence-corrected chi connectivity index (χ1v) is 6.98. The van der Waals surface area contributed by atoms with Crippen molar-refractivity contribution in [3.63, 3.8) is 0 Å². The highest BCUT2D eigenvalue weighted by Gasteiger charge is 2.12. The monoisotopic (exact) mass is 297 g/mol. The molecule has 0 aliphatic rings. The van der Waals surface area contributed by atoms with Crippen molar-refractivity contribution in [3.8, 4) is 0 Å². The lowest BCUT2D eigenvalue weighted by Gasteiger charge is -2.08. The molecule has 102 valence electrons. The van der Waals surface area contributed by atoms with Crippen LogP contribution in [0.5, 0.6) is 0 Å². The molecule has 1 N–H and O–H groups in total. The Morgan fingerprint density at radius 3 is 2.63 bits per heavy atom. The van der Waals surface area contributed by atoms with Crippen molar-refractivity contribution in [1.29, 1.82) is 0 Å². The van der Waals surface area contributed by atoms with Crippen LogP contribution >= 0.6 is 23.2 Å². The van der Waals surface area contributed by atoms with E-state index in [0.717, 1.165) is 39.1 Å². The highest BCUT2D eigenvalue weighted by atomic mass is 35.5. The molecule has 3 nitrogen and oxygen atoms in total. The number of hydrogen-bond acceptors (Lipinski definition) is 2. The lowest BCUT2D eigenvalue weighted by atomic mass is 10.2. The number of benzene rings is 1. The molecule has 1 aromatic carbocycles. The average Bonchev–Trinajstić information content (AvgIpc) is 2.66. The normalized spacial score (nSPS) is 10.8. The predicted molar refractivity (Wildman–Crippen MR) is 81.1 cm³/mol. The molecule has 0 radical (unpaired) electrons. The number of nitrogens with zero attached hydrogens (tertiary/aromatic N) is 2. The molecule has 0 saturated carbocycles. The molecule has 0 bridgehead atoms. The molecule has 1 aromatic heterocycles. The minimum Gasteiger partial charge on any atom is -0.379 e. The van der Waals surface area contributed by atoms with E-state index in [2.05, 4.69) is 10.4 Å². The number of nitrogens with one attached hydrogen (secondary N) is 1. The maximum atomic E-state index is 6.30. The summed E-state index contributed by atoms with van der Waals surface area (Å²) in [6.07, 6.45) is 0.836. The molecule has 0 aliphatic heterocycles. The molecule has 2 rings (SSSR count). The summed E-state index contributed by atoms with van der Waals surface area (Å²) in [5, 5.41) is 9.22. The van der Waals surface area contributed by atoms with E-state index in [0.29, 0.717) is 6.54 Å². The second-order valence-corrected chi connectivity index (χ2v) is 5.29. The minimum atomic E-state index is 0.627. The number of aromatic nitrogens is 2. The maximum Gasteiger partial charge on any atom is 0.0868 e. The van der Waals surface area contributed by atoms with E-state index in [1.165, 1.54) is 0 Å². The summed E-state index contributed by atoms with van der Waals surface area (Å²) < 4.78 is 1.82. The van der Waals surface area contributed by atoms with E-state index < -0.39 is 0 Å². The van der Waals surface area contributed by atoms with E-state index in [-0.39, 0.29) is 0 Å². The first-order valence-electron chi connectivity index (χ1n) is 6.23. The zero-order valence-corrected chi connectivity index (χ0v) is 12.8. The smallest absolute Gasteiger partial charge is 0.0868 e. The predicted octanol–water partition coefficient (Wildman–Crippen LogP) is 4.21. The fourth-order valence-electron chi connectivity index (χ4n) is 1.90. The van der Waals surface area contributed by atoms with Crippen LogP contribution in [-0.4, -0.2) is 9.78 Å². The fourth-order valence-corrected chi connectivity index (χ4v) is 2.44. The Bertz CT molecular complexity index is 591. The van der Waals surface area contributed by atoms with Gasteiger partial charge in [0.1, 0.15) is 0 Å². The SMILES string of the molecule is CCc1nn(C)c(CNc2ccc(C)c(Cl)c2)c1Cl. The van der Waals surface area contributed by atoms with Gasteiger partial charge in [0.05, 0.1) is 23.0 Å². The number of rotatable bonds is 4. The highest BCUT2D eigenvalue weighted by Crippen LogP contribution is 2.23. The zero-order valence-electron chi connectivity index (χ0n) is 11.3. The molecular weight excluding hydrogens is 281 g/mol. The average molecular weight is 298 g/mol. The first-order chi connectivity index (χ1) is 9.02. The number of aryl methyl sites for hydroxylation is 3. The van der Waals surface area contributed by atoms with Gasteiger partial charge < -0.3 is 5.32 Å². The Kier molecular flexibility index (Phi) is 4.38. The highest BCUT2D eigenvalue weighted by molar-refractivity contribution is 6.32. The van der Waals surface area contributed by atoms with E-state index >= 15 is 0 Å². The Morgan fingerprint density at radius 1 is 1.32 bits per heavy atom. The summed E-state index contributed by atoms with van der Waals surface area (Å²) in [6, 6.07) is 5.92. The third-order valence-electron chi connectivity index (χ3n) is 3.13. The third-order valence-corrected chi connectivity index (χ3v) is 3.98. The van der Waals surface area contributed by atoms with Crippen LogP contribution in [0.2, 0.25) is 10.0 Å². The summed E-state index contributed by atoms with van der Waals surface area (Å²) in [5.74, 6) is 0. The van der Waals surface area contributed by atoms with Crippen LogP contribution in [0.15, 0.2) is 18.2 Å². The molecule has 0 spiro atoms. The lowest BCUT2D eigenvalue weighted by molar-refractivity contribution is 0.707. The Balaban J connectivity index is 2.14. The summed E-state index contributed by atoms with van der Waals surface area (Å²) in [4.78, 5) is 0. The number of anilines is 1. The van der Waals surface area contributed by atoms with Crippen molar-refractivity contribution in [2.24, 2.45) is 7.05 Å². The van der Waals surface area contributed by atoms with Gasteiger partial charge >= 0.3 is 0 Å². The van der Waals surface area contributed by atoms with E-state index in [1.807, 2.05) is 43.8 Å². The molecule has 0 fully saturated rings. The minimum absolute atomic E-state index is 0.627. The van der Waals surface area contributed by atoms with Gasteiger partial charge in [-0.2, -0.15) is 5.10 Å². The zero-order chi connectivity index (χ0) is 14.0. The summed E-state index contributed by atoms with van der Waals surface area (Å²) in [5.41, 5.74) is 3.96. The molecule has 0 amide bonds. The van der Waals surface area contributed by atoms with Gasteiger partial charge in [-0.15, -0.1) is 0 Å². The Morgan fingerprint density at radius 2 is 2.05 bits per heavy atom. The van der Waals surface area contributed by atoms with Crippen molar-refractivity contribution in [2.45, 2.75) is 26.8 Å². The summed E-state index contributed by atoms with van der Waals surface area (Å²) in [7, 11) is 1.91. The van der Waals surface area contributed by atoms with Crippen molar-refractivity contribution in [1.82, 2.24) is 9.78 Å². The van der Waals surface area contributed by atoms with Crippen LogP contribution in [0.4, 0.5) is 5.69 Å². The van der Waals surface area contributed by atoms with Gasteiger partial charge in [0.2, 0.25) is 0 Å². The van der Waals surface area contributed by atoms with Gasteiger partial charge in [0.25, 0.3) is 0 Å². The molecule has 5 heteroatoms. The van der Waals surface area contributed by atoms with Gasteiger partial charge in [0, 0.05) is 17.8 Å². The molecule has 0 atom stereocenters. The lowest BCUT2D eigenvalue weighted by Crippen LogP contribution is -2.06. The first kappa shape index (κ1) is 14.2. The maximum absolute atomic E-state index is 6.30. The molecular formula is C14H17Cl2N3. The standard InChI is InChI=1S/C14H17Cl2N3/c1-4-12-14(16)13(19(3)18-12)8-17-10-6-5-9(2)11(15)7-10/h5-7,17H,4,8H2,1-3H3. The Labute approximate surface area is 123 Å². The Hall–Kier alpha value is -1.19. The van der Waals surface area contributed by atoms with Crippen LogP contribution in [0.25, 0.3) is 0 Å². The van der Waals surface area contributed by atoms with Crippen LogP contribution in [0, 0.1) is 6.92 Å². The van der Waals surface area contributed by atoms with Crippen molar-refractivity contribution in [2.75, 3.05) is 5.32 Å². The molecule has 0 aliphatic carbocycles. The van der Waals surface area contributed by atoms with E-state index in [9.17, 15) is 0 Å². The quantitative estimate of drug-likeness (QED) is 0.916. The van der Waals surface area contributed by atoms with Gasteiger partial charge in [-0.25, -0.2) is 0 Å². The second-order valence-electron chi connectivity index (χ2n) is 4.50. The van der Waals surface area contributed by atoms with Crippen LogP contribution in [0.3, 0.4) is 0 Å². The summed E-state index contributed by atoms with van der Waals surface area (Å²) in [6.45, 7) is 4.66. The van der Waals surface area contributed by atoms with Crippen LogP contribution < -0.4 is 5.32 Å². The summed E-state index contributed by atoms with van der Waals surface area (Å²) >= 11 is 12.4. The second kappa shape index (κ2) is 5.85. The fraction of sp³-hybridized carbons (Fsp3) is 0.357. The largest absolute Gasteiger partial charge is 0.379 e. The molecule has 0 saturated heterocycles. The van der Waals surface area contributed by atoms with Gasteiger partial charge in [-0.3, -0.25) is 4.68 Å². The van der Waals surface area contributed by atoms with E-state index in [4.69, 9.17) is 23.2 Å². The molecule has 0 unspecified atom stereocenters.